The van der Waals surface area contributed by atoms with Crippen LogP contribution >= 0.6 is 0 Å². The van der Waals surface area contributed by atoms with Gasteiger partial charge in [0, 0.05) is 18.8 Å². The van der Waals surface area contributed by atoms with Crippen LogP contribution in [0.15, 0.2) is 24.4 Å². The van der Waals surface area contributed by atoms with Crippen molar-refractivity contribution in [2.75, 3.05) is 5.32 Å². The molecule has 0 bridgehead atoms. The van der Waals surface area contributed by atoms with Crippen molar-refractivity contribution in [1.29, 1.82) is 0 Å². The summed E-state index contributed by atoms with van der Waals surface area (Å²) in [6, 6.07) is 3.19. The molecule has 0 unspecified atom stereocenters. The number of halogens is 2. The molecular formula is C15H15F2N3O2. The maximum absolute atomic E-state index is 13.1. The molecular weight excluding hydrogens is 292 g/mol. The molecule has 0 aliphatic rings. The minimum atomic E-state index is -1.09. The Morgan fingerprint density at radius 3 is 2.45 bits per heavy atom. The second-order valence-electron chi connectivity index (χ2n) is 5.08. The predicted molar refractivity (Wildman–Crippen MR) is 76.8 cm³/mol. The van der Waals surface area contributed by atoms with E-state index in [1.54, 1.807) is 0 Å². The standard InChI is InChI=1S/C15H15F2N3O2/c1-8(2)13-12(14(21)22)7-19-15(20-13)18-6-9-3-10(16)5-11(17)4-9/h3-5,7-8H,6H2,1-2H3,(H,21,22)(H,18,19,20). The molecule has 116 valence electrons. The highest BCUT2D eigenvalue weighted by atomic mass is 19.1. The Hall–Kier alpha value is -2.57. The highest BCUT2D eigenvalue weighted by Gasteiger charge is 2.16. The van der Waals surface area contributed by atoms with Gasteiger partial charge >= 0.3 is 5.97 Å². The van der Waals surface area contributed by atoms with Crippen LogP contribution in [0.4, 0.5) is 14.7 Å². The van der Waals surface area contributed by atoms with Gasteiger partial charge in [0.15, 0.2) is 0 Å². The van der Waals surface area contributed by atoms with E-state index in [1.807, 2.05) is 13.8 Å². The Kier molecular flexibility index (Phi) is 4.65. The zero-order chi connectivity index (χ0) is 16.3. The van der Waals surface area contributed by atoms with Crippen LogP contribution in [0, 0.1) is 11.6 Å². The first-order valence-electron chi connectivity index (χ1n) is 6.66. The molecule has 0 radical (unpaired) electrons. The van der Waals surface area contributed by atoms with Gasteiger partial charge in [0.25, 0.3) is 0 Å². The average Bonchev–Trinajstić information content (AvgIpc) is 2.43. The van der Waals surface area contributed by atoms with Crippen molar-refractivity contribution in [3.63, 3.8) is 0 Å². The quantitative estimate of drug-likeness (QED) is 0.887. The summed E-state index contributed by atoms with van der Waals surface area (Å²) < 4.78 is 26.2. The van der Waals surface area contributed by atoms with Gasteiger partial charge in [-0.1, -0.05) is 13.8 Å². The molecule has 2 N–H and O–H groups in total. The zero-order valence-corrected chi connectivity index (χ0v) is 12.1. The number of nitrogens with one attached hydrogen (secondary N) is 1. The van der Waals surface area contributed by atoms with Crippen molar-refractivity contribution in [1.82, 2.24) is 9.97 Å². The van der Waals surface area contributed by atoms with E-state index < -0.39 is 17.6 Å². The van der Waals surface area contributed by atoms with E-state index in [0.717, 1.165) is 6.07 Å². The van der Waals surface area contributed by atoms with Crippen molar-refractivity contribution >= 4 is 11.9 Å². The van der Waals surface area contributed by atoms with E-state index in [9.17, 15) is 13.6 Å². The van der Waals surface area contributed by atoms with Crippen LogP contribution in [0.25, 0.3) is 0 Å². The molecule has 0 aliphatic carbocycles. The lowest BCUT2D eigenvalue weighted by atomic mass is 10.1. The Labute approximate surface area is 126 Å². The molecule has 0 aliphatic heterocycles. The first-order valence-corrected chi connectivity index (χ1v) is 6.66. The van der Waals surface area contributed by atoms with E-state index in [4.69, 9.17) is 5.11 Å². The Morgan fingerprint density at radius 2 is 1.91 bits per heavy atom. The van der Waals surface area contributed by atoms with Gasteiger partial charge in [0.2, 0.25) is 5.95 Å². The summed E-state index contributed by atoms with van der Waals surface area (Å²) in [5.74, 6) is -2.31. The Balaban J connectivity index is 2.19. The smallest absolute Gasteiger partial charge is 0.339 e. The fraction of sp³-hybridized carbons (Fsp3) is 0.267. The van der Waals surface area contributed by atoms with Gasteiger partial charge in [0.05, 0.1) is 11.3 Å². The van der Waals surface area contributed by atoms with E-state index in [0.29, 0.717) is 11.3 Å². The molecule has 0 atom stereocenters. The van der Waals surface area contributed by atoms with Gasteiger partial charge in [-0.25, -0.2) is 23.5 Å². The molecule has 0 saturated carbocycles. The molecule has 0 fully saturated rings. The fourth-order valence-electron chi connectivity index (χ4n) is 1.98. The largest absolute Gasteiger partial charge is 0.478 e. The number of anilines is 1. The number of carboxylic acid groups (broad SMARTS) is 1. The van der Waals surface area contributed by atoms with Crippen LogP contribution in [-0.2, 0) is 6.54 Å². The summed E-state index contributed by atoms with van der Waals surface area (Å²) in [5.41, 5.74) is 0.835. The number of hydrogen-bond donors (Lipinski definition) is 2. The average molecular weight is 307 g/mol. The molecule has 2 rings (SSSR count). The molecule has 7 heteroatoms. The molecule has 1 aromatic heterocycles. The number of rotatable bonds is 5. The maximum Gasteiger partial charge on any atom is 0.339 e. The topological polar surface area (TPSA) is 75.1 Å². The first kappa shape index (κ1) is 15.8. The third-order valence-corrected chi connectivity index (χ3v) is 2.97. The van der Waals surface area contributed by atoms with Gasteiger partial charge < -0.3 is 10.4 Å². The van der Waals surface area contributed by atoms with E-state index in [1.165, 1.54) is 18.3 Å². The third-order valence-electron chi connectivity index (χ3n) is 2.97. The second-order valence-corrected chi connectivity index (χ2v) is 5.08. The van der Waals surface area contributed by atoms with Crippen LogP contribution in [0.1, 0.15) is 41.4 Å². The fourth-order valence-corrected chi connectivity index (χ4v) is 1.98. The lowest BCUT2D eigenvalue weighted by Gasteiger charge is -2.11. The lowest BCUT2D eigenvalue weighted by Crippen LogP contribution is -2.11. The molecule has 1 aromatic carbocycles. The summed E-state index contributed by atoms with van der Waals surface area (Å²) >= 11 is 0. The third kappa shape index (κ3) is 3.75. The van der Waals surface area contributed by atoms with Crippen LogP contribution < -0.4 is 5.32 Å². The lowest BCUT2D eigenvalue weighted by molar-refractivity contribution is 0.0694. The Morgan fingerprint density at radius 1 is 1.27 bits per heavy atom. The summed E-state index contributed by atoms with van der Waals surface area (Å²) in [6.45, 7) is 3.76. The summed E-state index contributed by atoms with van der Waals surface area (Å²) in [7, 11) is 0. The number of benzene rings is 1. The van der Waals surface area contributed by atoms with Gasteiger partial charge in [-0.3, -0.25) is 0 Å². The van der Waals surface area contributed by atoms with E-state index in [2.05, 4.69) is 15.3 Å². The maximum atomic E-state index is 13.1. The normalized spacial score (nSPS) is 10.8. The van der Waals surface area contributed by atoms with Gasteiger partial charge in [-0.2, -0.15) is 0 Å². The molecule has 5 nitrogen and oxygen atoms in total. The number of aromatic nitrogens is 2. The Bertz CT molecular complexity index is 685. The number of carbonyl (C=O) groups is 1. The van der Waals surface area contributed by atoms with E-state index >= 15 is 0 Å². The summed E-state index contributed by atoms with van der Waals surface area (Å²) in [5, 5.41) is 11.9. The van der Waals surface area contributed by atoms with Gasteiger partial charge in [-0.05, 0) is 23.6 Å². The highest BCUT2D eigenvalue weighted by Crippen LogP contribution is 2.18. The highest BCUT2D eigenvalue weighted by molar-refractivity contribution is 5.88. The number of nitrogens with zero attached hydrogens (tertiary/aromatic N) is 2. The number of hydrogen-bond acceptors (Lipinski definition) is 4. The second kappa shape index (κ2) is 6.46. The summed E-state index contributed by atoms with van der Waals surface area (Å²) in [6.07, 6.45) is 1.22. The molecule has 0 amide bonds. The molecule has 2 aromatic rings. The van der Waals surface area contributed by atoms with Crippen molar-refractivity contribution in [2.24, 2.45) is 0 Å². The minimum Gasteiger partial charge on any atom is -0.478 e. The SMILES string of the molecule is CC(C)c1nc(NCc2cc(F)cc(F)c2)ncc1C(=O)O. The molecule has 0 saturated heterocycles. The molecule has 22 heavy (non-hydrogen) atoms. The van der Waals surface area contributed by atoms with Crippen molar-refractivity contribution in [3.05, 3.63) is 52.9 Å². The van der Waals surface area contributed by atoms with Crippen LogP contribution in [0.3, 0.4) is 0 Å². The summed E-state index contributed by atoms with van der Waals surface area (Å²) in [4.78, 5) is 19.2. The van der Waals surface area contributed by atoms with Gasteiger partial charge in [-0.15, -0.1) is 0 Å². The molecule has 1 heterocycles. The minimum absolute atomic E-state index is 0.0392. The van der Waals surface area contributed by atoms with E-state index in [-0.39, 0.29) is 24.0 Å². The van der Waals surface area contributed by atoms with Crippen molar-refractivity contribution in [3.8, 4) is 0 Å². The van der Waals surface area contributed by atoms with Crippen LogP contribution in [0.2, 0.25) is 0 Å². The molecule has 0 spiro atoms. The van der Waals surface area contributed by atoms with Crippen LogP contribution in [-0.4, -0.2) is 21.0 Å². The van der Waals surface area contributed by atoms with Crippen molar-refractivity contribution in [2.45, 2.75) is 26.3 Å². The van der Waals surface area contributed by atoms with Gasteiger partial charge in [0.1, 0.15) is 11.6 Å². The number of aromatic carboxylic acids is 1. The van der Waals surface area contributed by atoms with Crippen molar-refractivity contribution < 1.29 is 18.7 Å². The monoisotopic (exact) mass is 307 g/mol. The van der Waals surface area contributed by atoms with Crippen LogP contribution in [0.5, 0.6) is 0 Å². The first-order chi connectivity index (χ1) is 10.4. The number of carboxylic acids is 1. The zero-order valence-electron chi connectivity index (χ0n) is 12.1. The predicted octanol–water partition coefficient (Wildman–Crippen LogP) is 3.19.